The quantitative estimate of drug-likeness (QED) is 0.514. The molecule has 172 valence electrons. The summed E-state index contributed by atoms with van der Waals surface area (Å²) in [6, 6.07) is 8.03. The second-order valence-electron chi connectivity index (χ2n) is 8.63. The minimum absolute atomic E-state index is 0.0938. The molecule has 0 unspecified atom stereocenters. The van der Waals surface area contributed by atoms with Crippen molar-refractivity contribution in [1.82, 2.24) is 15.2 Å². The maximum Gasteiger partial charge on any atom is 0.230 e. The summed E-state index contributed by atoms with van der Waals surface area (Å²) in [6.45, 7) is 3.77. The minimum atomic E-state index is -0.0938. The number of carbonyl (C=O) groups is 2. The van der Waals surface area contributed by atoms with E-state index < -0.39 is 0 Å². The number of hydrogen-bond acceptors (Lipinski definition) is 6. The van der Waals surface area contributed by atoms with Crippen LogP contribution in [0.5, 0.6) is 0 Å². The van der Waals surface area contributed by atoms with Crippen LogP contribution in [0.2, 0.25) is 5.02 Å². The Labute approximate surface area is 202 Å². The van der Waals surface area contributed by atoms with Crippen molar-refractivity contribution in [3.63, 3.8) is 0 Å². The first kappa shape index (κ1) is 22.3. The van der Waals surface area contributed by atoms with Crippen LogP contribution in [0, 0.1) is 0 Å². The van der Waals surface area contributed by atoms with Crippen LogP contribution in [0.4, 0.5) is 5.69 Å². The molecule has 5 heterocycles. The number of aryl methyl sites for hydroxylation is 1. The molecule has 0 bridgehead atoms. The minimum Gasteiger partial charge on any atom is -0.384 e. The average molecular weight is 483 g/mol. The van der Waals surface area contributed by atoms with Crippen molar-refractivity contribution >= 4 is 50.7 Å². The van der Waals surface area contributed by atoms with Gasteiger partial charge in [-0.05, 0) is 68.6 Å². The number of likely N-dealkylation sites (tertiary alicyclic amines) is 1. The number of thiophene rings is 1. The van der Waals surface area contributed by atoms with Crippen molar-refractivity contribution in [3.8, 4) is 11.1 Å². The van der Waals surface area contributed by atoms with E-state index in [4.69, 9.17) is 11.6 Å². The van der Waals surface area contributed by atoms with Crippen molar-refractivity contribution in [1.29, 1.82) is 0 Å². The average Bonchev–Trinajstić information content (AvgIpc) is 3.58. The van der Waals surface area contributed by atoms with Crippen LogP contribution in [-0.2, 0) is 22.6 Å². The molecule has 3 aromatic rings. The number of fused-ring (bicyclic) bond motifs is 2. The number of hydrogen-bond donors (Lipinski definition) is 2. The number of nitrogens with zero attached hydrogens (tertiary/aromatic N) is 2. The first-order valence-electron chi connectivity index (χ1n) is 11.6. The van der Waals surface area contributed by atoms with Crippen molar-refractivity contribution < 1.29 is 9.59 Å². The zero-order valence-corrected chi connectivity index (χ0v) is 20.0. The molecule has 2 saturated heterocycles. The number of aromatic nitrogens is 1. The topological polar surface area (TPSA) is 74.3 Å². The van der Waals surface area contributed by atoms with Crippen LogP contribution in [0.25, 0.3) is 21.3 Å². The number of benzene rings is 1. The summed E-state index contributed by atoms with van der Waals surface area (Å²) in [5.74, 6) is -0.188. The molecule has 3 aliphatic heterocycles. The van der Waals surface area contributed by atoms with Crippen molar-refractivity contribution in [2.24, 2.45) is 0 Å². The molecule has 0 radical (unpaired) electrons. The SMILES string of the molecule is C1CCNC1.O=C1CCC(=O)N1Cc1cc2nccc(-c3cc(Cl)cc4c3NCCC4)c2s1. The van der Waals surface area contributed by atoms with E-state index in [1.807, 2.05) is 24.3 Å². The fourth-order valence-corrected chi connectivity index (χ4v) is 6.00. The molecular weight excluding hydrogens is 456 g/mol. The lowest BCUT2D eigenvalue weighted by atomic mass is 9.95. The summed E-state index contributed by atoms with van der Waals surface area (Å²) in [5, 5.41) is 7.48. The molecule has 6 rings (SSSR count). The Bertz CT molecular complexity index is 1180. The lowest BCUT2D eigenvalue weighted by Crippen LogP contribution is -2.27. The van der Waals surface area contributed by atoms with Crippen molar-refractivity contribution in [3.05, 3.63) is 45.9 Å². The van der Waals surface area contributed by atoms with Gasteiger partial charge in [-0.25, -0.2) is 0 Å². The molecule has 2 amide bonds. The standard InChI is InChI=1S/C21H18ClN3O2S.C4H9N/c22-13-8-12-2-1-6-24-20(12)16(9-13)15-5-7-23-17-10-14(28-21(15)17)11-25-18(26)3-4-19(25)27;1-2-4-5-3-1/h5,7-10,24H,1-4,6,11H2;5H,1-4H2. The second kappa shape index (κ2) is 9.79. The van der Waals surface area contributed by atoms with Gasteiger partial charge in [0.15, 0.2) is 0 Å². The fraction of sp³-hybridized carbons (Fsp3) is 0.400. The van der Waals surface area contributed by atoms with Crippen molar-refractivity contribution in [2.45, 2.75) is 45.1 Å². The van der Waals surface area contributed by atoms with E-state index in [0.717, 1.165) is 56.3 Å². The number of anilines is 1. The lowest BCUT2D eigenvalue weighted by molar-refractivity contribution is -0.138. The summed E-state index contributed by atoms with van der Waals surface area (Å²) in [7, 11) is 0. The maximum atomic E-state index is 12.0. The number of pyridine rings is 1. The van der Waals surface area contributed by atoms with Crippen LogP contribution in [0.15, 0.2) is 30.5 Å². The summed E-state index contributed by atoms with van der Waals surface area (Å²) in [4.78, 5) is 30.7. The highest BCUT2D eigenvalue weighted by atomic mass is 35.5. The summed E-state index contributed by atoms with van der Waals surface area (Å²) >= 11 is 8.00. The highest BCUT2D eigenvalue weighted by molar-refractivity contribution is 7.19. The Hall–Kier alpha value is -2.48. The predicted octanol–water partition coefficient (Wildman–Crippen LogP) is 4.99. The Kier molecular flexibility index (Phi) is 6.62. The zero-order chi connectivity index (χ0) is 22.8. The molecule has 1 aromatic carbocycles. The number of rotatable bonds is 3. The molecule has 8 heteroatoms. The van der Waals surface area contributed by atoms with Crippen molar-refractivity contribution in [2.75, 3.05) is 25.0 Å². The monoisotopic (exact) mass is 482 g/mol. The van der Waals surface area contributed by atoms with E-state index in [-0.39, 0.29) is 11.8 Å². The molecule has 0 saturated carbocycles. The molecule has 3 aliphatic rings. The van der Waals surface area contributed by atoms with Crippen LogP contribution in [0.1, 0.15) is 42.5 Å². The van der Waals surface area contributed by atoms with Gasteiger partial charge in [0.2, 0.25) is 11.8 Å². The third-order valence-electron chi connectivity index (χ3n) is 6.29. The number of halogens is 1. The van der Waals surface area contributed by atoms with E-state index in [0.29, 0.717) is 19.4 Å². The molecule has 2 aromatic heterocycles. The normalized spacial score (nSPS) is 17.7. The van der Waals surface area contributed by atoms with Gasteiger partial charge in [-0.3, -0.25) is 19.5 Å². The first-order chi connectivity index (χ1) is 16.1. The largest absolute Gasteiger partial charge is 0.384 e. The molecular formula is C25H27ClN4O2S. The van der Waals surface area contributed by atoms with E-state index in [9.17, 15) is 9.59 Å². The van der Waals surface area contributed by atoms with Crippen LogP contribution >= 0.6 is 22.9 Å². The highest BCUT2D eigenvalue weighted by Gasteiger charge is 2.29. The van der Waals surface area contributed by atoms with E-state index >= 15 is 0 Å². The number of imide groups is 1. The smallest absolute Gasteiger partial charge is 0.230 e. The third-order valence-corrected chi connectivity index (χ3v) is 7.65. The van der Waals surface area contributed by atoms with Gasteiger partial charge in [0.1, 0.15) is 0 Å². The van der Waals surface area contributed by atoms with Gasteiger partial charge >= 0.3 is 0 Å². The highest BCUT2D eigenvalue weighted by Crippen LogP contribution is 2.41. The van der Waals surface area contributed by atoms with Gasteiger partial charge in [0.25, 0.3) is 0 Å². The number of amides is 2. The van der Waals surface area contributed by atoms with E-state index in [1.165, 1.54) is 36.4 Å². The van der Waals surface area contributed by atoms with Crippen LogP contribution in [-0.4, -0.2) is 41.3 Å². The summed E-state index contributed by atoms with van der Waals surface area (Å²) in [6.07, 6.45) is 7.32. The second-order valence-corrected chi connectivity index (χ2v) is 10.2. The lowest BCUT2D eigenvalue weighted by Gasteiger charge is -2.22. The van der Waals surface area contributed by atoms with Gasteiger partial charge in [-0.2, -0.15) is 0 Å². The third kappa shape index (κ3) is 4.76. The number of carbonyl (C=O) groups excluding carboxylic acids is 2. The van der Waals surface area contributed by atoms with Crippen LogP contribution < -0.4 is 10.6 Å². The van der Waals surface area contributed by atoms with Crippen LogP contribution in [0.3, 0.4) is 0 Å². The first-order valence-corrected chi connectivity index (χ1v) is 12.8. The Morgan fingerprint density at radius 1 is 0.970 bits per heavy atom. The number of nitrogens with one attached hydrogen (secondary N) is 2. The molecule has 0 atom stereocenters. The molecule has 0 aliphatic carbocycles. The Morgan fingerprint density at radius 3 is 2.48 bits per heavy atom. The van der Waals surface area contributed by atoms with Gasteiger partial charge in [0, 0.05) is 52.3 Å². The predicted molar refractivity (Wildman–Crippen MR) is 134 cm³/mol. The Balaban J connectivity index is 0.000000406. The van der Waals surface area contributed by atoms with Gasteiger partial charge in [-0.1, -0.05) is 11.6 Å². The van der Waals surface area contributed by atoms with Gasteiger partial charge < -0.3 is 10.6 Å². The molecule has 2 fully saturated rings. The summed E-state index contributed by atoms with van der Waals surface area (Å²) < 4.78 is 1.05. The molecule has 6 nitrogen and oxygen atoms in total. The molecule has 33 heavy (non-hydrogen) atoms. The van der Waals surface area contributed by atoms with E-state index in [1.54, 1.807) is 17.5 Å². The van der Waals surface area contributed by atoms with E-state index in [2.05, 4.69) is 15.6 Å². The molecule has 2 N–H and O–H groups in total. The van der Waals surface area contributed by atoms with Gasteiger partial charge in [-0.15, -0.1) is 11.3 Å². The Morgan fingerprint density at radius 2 is 1.76 bits per heavy atom. The van der Waals surface area contributed by atoms with Gasteiger partial charge in [0.05, 0.1) is 16.8 Å². The molecule has 0 spiro atoms. The maximum absolute atomic E-state index is 12.0. The summed E-state index contributed by atoms with van der Waals surface area (Å²) in [5.41, 5.74) is 5.41. The fourth-order valence-electron chi connectivity index (χ4n) is 4.63. The zero-order valence-electron chi connectivity index (χ0n) is 18.5.